The van der Waals surface area contributed by atoms with Gasteiger partial charge in [0.15, 0.2) is 6.07 Å². The van der Waals surface area contributed by atoms with Gasteiger partial charge in [-0.15, -0.1) is 0 Å². The monoisotopic (exact) mass is 186 g/mol. The van der Waals surface area contributed by atoms with E-state index < -0.39 is 5.97 Å². The molecule has 4 nitrogen and oxygen atoms in total. The zero-order valence-corrected chi connectivity index (χ0v) is 7.11. The Morgan fingerprint density at radius 3 is 2.79 bits per heavy atom. The minimum atomic E-state index is -1.05. The molecule has 1 aromatic rings. The number of carboxylic acids is 1. The Balaban J connectivity index is 3.23. The lowest BCUT2D eigenvalue weighted by Gasteiger charge is -1.99. The van der Waals surface area contributed by atoms with Gasteiger partial charge in [-0.3, -0.25) is 0 Å². The topological polar surface area (TPSA) is 87.1 Å². The first-order valence-electron chi connectivity index (χ1n) is 3.68. The number of nitrogens with two attached hydrogens (primary N) is 1. The summed E-state index contributed by atoms with van der Waals surface area (Å²) in [5.41, 5.74) is 6.34. The van der Waals surface area contributed by atoms with Gasteiger partial charge < -0.3 is 10.8 Å². The number of aromatic carboxylic acids is 1. The first kappa shape index (κ1) is 9.63. The fraction of sp³-hybridized carbons (Fsp3) is 0. The van der Waals surface area contributed by atoms with E-state index in [2.05, 4.69) is 11.8 Å². The minimum absolute atomic E-state index is 0.0986. The Morgan fingerprint density at radius 2 is 2.21 bits per heavy atom. The van der Waals surface area contributed by atoms with Crippen molar-refractivity contribution < 1.29 is 9.90 Å². The Bertz CT molecular complexity index is 475. The van der Waals surface area contributed by atoms with Crippen LogP contribution in [-0.2, 0) is 0 Å². The lowest BCUT2D eigenvalue weighted by atomic mass is 10.1. The summed E-state index contributed by atoms with van der Waals surface area (Å²) in [7, 11) is 0. The van der Waals surface area contributed by atoms with Crippen molar-refractivity contribution in [3.8, 4) is 17.9 Å². The molecule has 68 valence electrons. The Labute approximate surface area is 80.6 Å². The SMILES string of the molecule is N#CC#Cc1cc(C(=O)O)ccc1N. The molecule has 14 heavy (non-hydrogen) atoms. The molecule has 4 heteroatoms. The van der Waals surface area contributed by atoms with E-state index in [-0.39, 0.29) is 5.56 Å². The maximum atomic E-state index is 10.6. The van der Waals surface area contributed by atoms with Crippen molar-refractivity contribution in [2.24, 2.45) is 0 Å². The van der Waals surface area contributed by atoms with E-state index in [9.17, 15) is 4.79 Å². The molecule has 3 N–H and O–H groups in total. The molecule has 0 aliphatic heterocycles. The molecule has 0 atom stereocenters. The molecular weight excluding hydrogens is 180 g/mol. The van der Waals surface area contributed by atoms with Gasteiger partial charge in [0.25, 0.3) is 0 Å². The van der Waals surface area contributed by atoms with Crippen LogP contribution in [0, 0.1) is 23.2 Å². The van der Waals surface area contributed by atoms with Crippen LogP contribution in [0.5, 0.6) is 0 Å². The number of hydrogen-bond acceptors (Lipinski definition) is 3. The van der Waals surface area contributed by atoms with Crippen molar-refractivity contribution in [2.45, 2.75) is 0 Å². The zero-order valence-electron chi connectivity index (χ0n) is 7.11. The second-order valence-corrected chi connectivity index (χ2v) is 2.47. The van der Waals surface area contributed by atoms with E-state index >= 15 is 0 Å². The molecule has 0 aliphatic rings. The molecule has 0 amide bonds. The van der Waals surface area contributed by atoms with E-state index in [0.29, 0.717) is 11.3 Å². The van der Waals surface area contributed by atoms with Crippen molar-refractivity contribution in [3.05, 3.63) is 29.3 Å². The maximum Gasteiger partial charge on any atom is 0.335 e. The number of nitriles is 1. The predicted molar refractivity (Wildman–Crippen MR) is 50.3 cm³/mol. The number of benzene rings is 1. The fourth-order valence-electron chi connectivity index (χ4n) is 0.893. The van der Waals surface area contributed by atoms with E-state index in [1.165, 1.54) is 18.2 Å². The first-order valence-corrected chi connectivity index (χ1v) is 3.68. The van der Waals surface area contributed by atoms with E-state index in [1.807, 2.05) is 0 Å². The predicted octanol–water partition coefficient (Wildman–Crippen LogP) is 0.842. The van der Waals surface area contributed by atoms with E-state index in [1.54, 1.807) is 6.07 Å². The van der Waals surface area contributed by atoms with Crippen LogP contribution in [0.4, 0.5) is 5.69 Å². The summed E-state index contributed by atoms with van der Waals surface area (Å²) in [6.45, 7) is 0. The van der Waals surface area contributed by atoms with Gasteiger partial charge >= 0.3 is 5.97 Å². The van der Waals surface area contributed by atoms with Crippen LogP contribution in [0.2, 0.25) is 0 Å². The van der Waals surface area contributed by atoms with Gasteiger partial charge in [-0.2, -0.15) is 5.26 Å². The number of carbonyl (C=O) groups is 1. The van der Waals surface area contributed by atoms with E-state index in [4.69, 9.17) is 16.1 Å². The van der Waals surface area contributed by atoms with Crippen LogP contribution in [0.15, 0.2) is 18.2 Å². The van der Waals surface area contributed by atoms with Gasteiger partial charge in [-0.1, -0.05) is 0 Å². The van der Waals surface area contributed by atoms with E-state index in [0.717, 1.165) is 0 Å². The number of carboxylic acid groups (broad SMARTS) is 1. The van der Waals surface area contributed by atoms with Crippen LogP contribution in [0.25, 0.3) is 0 Å². The number of anilines is 1. The minimum Gasteiger partial charge on any atom is -0.478 e. The van der Waals surface area contributed by atoms with Gasteiger partial charge in [0, 0.05) is 17.2 Å². The van der Waals surface area contributed by atoms with Crippen LogP contribution in [0.1, 0.15) is 15.9 Å². The van der Waals surface area contributed by atoms with Gasteiger partial charge in [-0.25, -0.2) is 4.79 Å². The number of nitrogen functional groups attached to an aromatic ring is 1. The molecule has 0 spiro atoms. The second kappa shape index (κ2) is 3.97. The Hall–Kier alpha value is -2.46. The Kier molecular flexibility index (Phi) is 2.73. The molecule has 0 bridgehead atoms. The third-order valence-electron chi connectivity index (χ3n) is 1.55. The summed E-state index contributed by atoms with van der Waals surface area (Å²) in [6.07, 6.45) is 0. The van der Waals surface area contributed by atoms with Crippen molar-refractivity contribution in [1.82, 2.24) is 0 Å². The highest BCUT2D eigenvalue weighted by Gasteiger charge is 2.04. The molecule has 0 aliphatic carbocycles. The second-order valence-electron chi connectivity index (χ2n) is 2.47. The highest BCUT2D eigenvalue weighted by atomic mass is 16.4. The first-order chi connectivity index (χ1) is 6.65. The van der Waals surface area contributed by atoms with Crippen LogP contribution >= 0.6 is 0 Å². The summed E-state index contributed by atoms with van der Waals surface area (Å²) in [5.74, 6) is 3.56. The lowest BCUT2D eigenvalue weighted by molar-refractivity contribution is 0.0697. The van der Waals surface area contributed by atoms with Gasteiger partial charge in [0.2, 0.25) is 0 Å². The summed E-state index contributed by atoms with van der Waals surface area (Å²) < 4.78 is 0. The fourth-order valence-corrected chi connectivity index (χ4v) is 0.893. The molecule has 0 fully saturated rings. The smallest absolute Gasteiger partial charge is 0.335 e. The average molecular weight is 186 g/mol. The Morgan fingerprint density at radius 1 is 1.50 bits per heavy atom. The summed E-state index contributed by atoms with van der Waals surface area (Å²) in [6, 6.07) is 5.80. The highest BCUT2D eigenvalue weighted by Crippen LogP contribution is 2.12. The molecule has 1 aromatic carbocycles. The third-order valence-corrected chi connectivity index (χ3v) is 1.55. The molecule has 0 aromatic heterocycles. The quantitative estimate of drug-likeness (QED) is 0.502. The molecule has 0 unspecified atom stereocenters. The number of rotatable bonds is 1. The largest absolute Gasteiger partial charge is 0.478 e. The van der Waals surface area contributed by atoms with Crippen molar-refractivity contribution in [2.75, 3.05) is 5.73 Å². The van der Waals surface area contributed by atoms with Crippen LogP contribution in [-0.4, -0.2) is 11.1 Å². The van der Waals surface area contributed by atoms with Crippen molar-refractivity contribution in [1.29, 1.82) is 5.26 Å². The molecule has 0 saturated heterocycles. The van der Waals surface area contributed by atoms with Gasteiger partial charge in [-0.05, 0) is 24.1 Å². The maximum absolute atomic E-state index is 10.6. The van der Waals surface area contributed by atoms with Gasteiger partial charge in [0.1, 0.15) is 0 Å². The molecule has 1 rings (SSSR count). The molecular formula is C10H6N2O2. The zero-order chi connectivity index (χ0) is 10.6. The van der Waals surface area contributed by atoms with Gasteiger partial charge in [0.05, 0.1) is 5.56 Å². The number of hydrogen-bond donors (Lipinski definition) is 2. The lowest BCUT2D eigenvalue weighted by Crippen LogP contribution is -1.98. The number of nitrogens with zero attached hydrogens (tertiary/aromatic N) is 1. The average Bonchev–Trinajstić information content (AvgIpc) is 2.16. The van der Waals surface area contributed by atoms with Crippen molar-refractivity contribution in [3.63, 3.8) is 0 Å². The summed E-state index contributed by atoms with van der Waals surface area (Å²) >= 11 is 0. The standard InChI is InChI=1S/C10H6N2O2/c11-5-1-2-7-6-8(10(13)14)3-4-9(7)12/h3-4,6H,12H2,(H,13,14). The summed E-state index contributed by atoms with van der Waals surface area (Å²) in [5, 5.41) is 16.9. The molecule has 0 radical (unpaired) electrons. The van der Waals surface area contributed by atoms with Crippen LogP contribution in [0.3, 0.4) is 0 Å². The normalized spacial score (nSPS) is 8.21. The third kappa shape index (κ3) is 2.02. The van der Waals surface area contributed by atoms with Crippen molar-refractivity contribution >= 4 is 11.7 Å². The summed E-state index contributed by atoms with van der Waals surface area (Å²) in [4.78, 5) is 10.6. The molecule has 0 saturated carbocycles. The molecule has 0 heterocycles. The van der Waals surface area contributed by atoms with Crippen LogP contribution < -0.4 is 5.73 Å². The highest BCUT2D eigenvalue weighted by molar-refractivity contribution is 5.89.